The normalized spacial score (nSPS) is 11.6. The molecule has 5 nitrogen and oxygen atoms in total. The Balaban J connectivity index is 1.91. The van der Waals surface area contributed by atoms with Gasteiger partial charge in [-0.25, -0.2) is 4.79 Å². The molecule has 2 rings (SSSR count). The van der Waals surface area contributed by atoms with E-state index in [0.29, 0.717) is 11.3 Å². The summed E-state index contributed by atoms with van der Waals surface area (Å²) >= 11 is 0. The zero-order chi connectivity index (χ0) is 19.1. The highest BCUT2D eigenvalue weighted by Gasteiger charge is 2.17. The third-order valence-electron chi connectivity index (χ3n) is 3.75. The van der Waals surface area contributed by atoms with Crippen molar-refractivity contribution in [3.63, 3.8) is 0 Å². The predicted molar refractivity (Wildman–Crippen MR) is 100 cm³/mol. The number of benzene rings is 2. The summed E-state index contributed by atoms with van der Waals surface area (Å²) in [5.41, 5.74) is 4.04. The molecular weight excluding hydrogens is 328 g/mol. The van der Waals surface area contributed by atoms with Crippen LogP contribution < -0.4 is 5.32 Å². The van der Waals surface area contributed by atoms with Crippen molar-refractivity contribution >= 4 is 23.6 Å². The Kier molecular flexibility index (Phi) is 6.29. The van der Waals surface area contributed by atoms with Gasteiger partial charge in [0.15, 0.2) is 6.10 Å². The van der Waals surface area contributed by atoms with Crippen molar-refractivity contribution in [3.8, 4) is 6.07 Å². The second-order valence-corrected chi connectivity index (χ2v) is 5.95. The lowest BCUT2D eigenvalue weighted by Crippen LogP contribution is -2.29. The van der Waals surface area contributed by atoms with Crippen LogP contribution in [0.1, 0.15) is 29.2 Å². The second kappa shape index (κ2) is 8.63. The summed E-state index contributed by atoms with van der Waals surface area (Å²) in [7, 11) is 0. The Morgan fingerprint density at radius 3 is 2.46 bits per heavy atom. The van der Waals surface area contributed by atoms with Crippen LogP contribution in [0.2, 0.25) is 0 Å². The third-order valence-corrected chi connectivity index (χ3v) is 3.75. The minimum Gasteiger partial charge on any atom is -0.449 e. The molecule has 0 aliphatic heterocycles. The number of amides is 1. The fraction of sp³-hybridized carbons (Fsp3) is 0.190. The van der Waals surface area contributed by atoms with Crippen molar-refractivity contribution in [2.24, 2.45) is 0 Å². The summed E-state index contributed by atoms with van der Waals surface area (Å²) in [4.78, 5) is 24.1. The lowest BCUT2D eigenvalue weighted by atomic mass is 10.1. The van der Waals surface area contributed by atoms with E-state index in [1.807, 2.05) is 38.1 Å². The van der Waals surface area contributed by atoms with Crippen LogP contribution in [0, 0.1) is 25.2 Å². The molecule has 0 spiro atoms. The molecule has 132 valence electrons. The highest BCUT2D eigenvalue weighted by molar-refractivity contribution is 5.97. The summed E-state index contributed by atoms with van der Waals surface area (Å²) < 4.78 is 5.12. The number of carbonyl (C=O) groups excluding carboxylic acids is 2. The zero-order valence-electron chi connectivity index (χ0n) is 14.9. The largest absolute Gasteiger partial charge is 0.449 e. The minimum absolute atomic E-state index is 0.392. The third kappa shape index (κ3) is 5.32. The summed E-state index contributed by atoms with van der Waals surface area (Å²) in [6, 6.07) is 14.5. The standard InChI is InChI=1S/C21H20N2O3/c1-14-4-10-19(15(2)12-14)23-21(25)16(3)26-20(24)11-9-17-5-7-18(13-22)8-6-17/h4-12,16H,1-3H3,(H,23,25)/b11-9+/t16-/m0/s1. The van der Waals surface area contributed by atoms with Crippen molar-refractivity contribution in [1.82, 2.24) is 0 Å². The van der Waals surface area contributed by atoms with Gasteiger partial charge in [-0.05, 0) is 56.2 Å². The molecule has 0 radical (unpaired) electrons. The van der Waals surface area contributed by atoms with E-state index in [-0.39, 0.29) is 0 Å². The van der Waals surface area contributed by atoms with Gasteiger partial charge in [-0.2, -0.15) is 5.26 Å². The SMILES string of the molecule is Cc1ccc(NC(=O)[C@H](C)OC(=O)/C=C/c2ccc(C#N)cc2)c(C)c1. The maximum atomic E-state index is 12.2. The van der Waals surface area contributed by atoms with Gasteiger partial charge in [0.1, 0.15) is 0 Å². The number of hydrogen-bond donors (Lipinski definition) is 1. The minimum atomic E-state index is -0.922. The number of rotatable bonds is 5. The molecule has 2 aromatic carbocycles. The Hall–Kier alpha value is -3.39. The summed E-state index contributed by atoms with van der Waals surface area (Å²) in [5, 5.41) is 11.5. The van der Waals surface area contributed by atoms with Gasteiger partial charge in [0.25, 0.3) is 5.91 Å². The molecular formula is C21H20N2O3. The van der Waals surface area contributed by atoms with Crippen LogP contribution in [0.25, 0.3) is 6.08 Å². The molecule has 0 fully saturated rings. The monoisotopic (exact) mass is 348 g/mol. The number of carbonyl (C=O) groups is 2. The van der Waals surface area contributed by atoms with E-state index < -0.39 is 18.0 Å². The van der Waals surface area contributed by atoms with E-state index in [2.05, 4.69) is 5.32 Å². The highest BCUT2D eigenvalue weighted by atomic mass is 16.5. The molecule has 0 unspecified atom stereocenters. The molecule has 2 aromatic rings. The predicted octanol–water partition coefficient (Wildman–Crippen LogP) is 3.76. The number of hydrogen-bond acceptors (Lipinski definition) is 4. The number of anilines is 1. The molecule has 0 aliphatic rings. The maximum Gasteiger partial charge on any atom is 0.331 e. The average molecular weight is 348 g/mol. The zero-order valence-corrected chi connectivity index (χ0v) is 14.9. The van der Waals surface area contributed by atoms with E-state index in [1.165, 1.54) is 13.0 Å². The Morgan fingerprint density at radius 1 is 1.15 bits per heavy atom. The van der Waals surface area contributed by atoms with Gasteiger partial charge in [-0.3, -0.25) is 4.79 Å². The van der Waals surface area contributed by atoms with Crippen LogP contribution in [0.4, 0.5) is 5.69 Å². The quantitative estimate of drug-likeness (QED) is 0.659. The first-order chi connectivity index (χ1) is 12.4. The number of esters is 1. The fourth-order valence-corrected chi connectivity index (χ4v) is 2.29. The number of nitrogens with zero attached hydrogens (tertiary/aromatic N) is 1. The maximum absolute atomic E-state index is 12.2. The Bertz CT molecular complexity index is 877. The van der Waals surface area contributed by atoms with Gasteiger partial charge in [-0.15, -0.1) is 0 Å². The van der Waals surface area contributed by atoms with Crippen LogP contribution in [0.15, 0.2) is 48.5 Å². The molecule has 0 aliphatic carbocycles. The van der Waals surface area contributed by atoms with Crippen LogP contribution in [0.5, 0.6) is 0 Å². The van der Waals surface area contributed by atoms with Gasteiger partial charge in [0.2, 0.25) is 0 Å². The van der Waals surface area contributed by atoms with Gasteiger partial charge < -0.3 is 10.1 Å². The van der Waals surface area contributed by atoms with Gasteiger partial charge in [0.05, 0.1) is 11.6 Å². The summed E-state index contributed by atoms with van der Waals surface area (Å²) in [5.74, 6) is -1.00. The number of ether oxygens (including phenoxy) is 1. The highest BCUT2D eigenvalue weighted by Crippen LogP contribution is 2.16. The van der Waals surface area contributed by atoms with Crippen LogP contribution >= 0.6 is 0 Å². The molecule has 0 saturated carbocycles. The Morgan fingerprint density at radius 2 is 1.85 bits per heavy atom. The second-order valence-electron chi connectivity index (χ2n) is 5.95. The van der Waals surface area contributed by atoms with Crippen molar-refractivity contribution in [2.75, 3.05) is 5.32 Å². The van der Waals surface area contributed by atoms with Crippen LogP contribution in [-0.4, -0.2) is 18.0 Å². The average Bonchev–Trinajstić information content (AvgIpc) is 2.62. The lowest BCUT2D eigenvalue weighted by Gasteiger charge is -2.14. The first-order valence-electron chi connectivity index (χ1n) is 8.16. The summed E-state index contributed by atoms with van der Waals surface area (Å²) in [6.07, 6.45) is 1.90. The van der Waals surface area contributed by atoms with E-state index in [0.717, 1.165) is 16.7 Å². The van der Waals surface area contributed by atoms with E-state index in [4.69, 9.17) is 10.00 Å². The van der Waals surface area contributed by atoms with E-state index in [1.54, 1.807) is 30.3 Å². The fourth-order valence-electron chi connectivity index (χ4n) is 2.29. The Labute approximate surface area is 152 Å². The van der Waals surface area contributed by atoms with E-state index >= 15 is 0 Å². The van der Waals surface area contributed by atoms with Gasteiger partial charge in [0, 0.05) is 11.8 Å². The van der Waals surface area contributed by atoms with Crippen molar-refractivity contribution in [3.05, 3.63) is 70.8 Å². The van der Waals surface area contributed by atoms with Gasteiger partial charge in [-0.1, -0.05) is 29.8 Å². The number of nitriles is 1. The molecule has 0 saturated heterocycles. The topological polar surface area (TPSA) is 79.2 Å². The first kappa shape index (κ1) is 18.9. The molecule has 26 heavy (non-hydrogen) atoms. The first-order valence-corrected chi connectivity index (χ1v) is 8.16. The molecule has 5 heteroatoms. The molecule has 1 atom stereocenters. The van der Waals surface area contributed by atoms with Crippen molar-refractivity contribution in [2.45, 2.75) is 26.9 Å². The van der Waals surface area contributed by atoms with E-state index in [9.17, 15) is 9.59 Å². The molecule has 1 amide bonds. The number of aryl methyl sites for hydroxylation is 2. The number of nitrogens with one attached hydrogen (secondary N) is 1. The van der Waals surface area contributed by atoms with Crippen molar-refractivity contribution in [1.29, 1.82) is 5.26 Å². The van der Waals surface area contributed by atoms with Crippen molar-refractivity contribution < 1.29 is 14.3 Å². The molecule has 0 heterocycles. The van der Waals surface area contributed by atoms with Gasteiger partial charge >= 0.3 is 5.97 Å². The molecule has 1 N–H and O–H groups in total. The smallest absolute Gasteiger partial charge is 0.331 e. The van der Waals surface area contributed by atoms with Crippen LogP contribution in [0.3, 0.4) is 0 Å². The lowest BCUT2D eigenvalue weighted by molar-refractivity contribution is -0.148. The van der Waals surface area contributed by atoms with Crippen LogP contribution in [-0.2, 0) is 14.3 Å². The molecule has 0 aromatic heterocycles. The summed E-state index contributed by atoms with van der Waals surface area (Å²) in [6.45, 7) is 5.40. The molecule has 0 bridgehead atoms.